The summed E-state index contributed by atoms with van der Waals surface area (Å²) in [5, 5.41) is 11.4. The third kappa shape index (κ3) is 2.92. The number of nitrogens with one attached hydrogen (secondary N) is 1. The van der Waals surface area contributed by atoms with E-state index in [0.717, 1.165) is 30.3 Å². The van der Waals surface area contributed by atoms with E-state index in [0.29, 0.717) is 17.3 Å². The number of aromatic amines is 1. The molecule has 21 heavy (non-hydrogen) atoms. The summed E-state index contributed by atoms with van der Waals surface area (Å²) in [6.45, 7) is 3.16. The van der Waals surface area contributed by atoms with Gasteiger partial charge in [-0.2, -0.15) is 0 Å². The second-order valence-electron chi connectivity index (χ2n) is 5.81. The maximum absolute atomic E-state index is 12.6. The lowest BCUT2D eigenvalue weighted by Crippen LogP contribution is -2.43. The number of H-pyrrole nitrogens is 1. The van der Waals surface area contributed by atoms with Crippen LogP contribution in [0.5, 0.6) is 0 Å². The molecule has 1 amide bonds. The summed E-state index contributed by atoms with van der Waals surface area (Å²) >= 11 is 5.97. The second kappa shape index (κ2) is 5.70. The van der Waals surface area contributed by atoms with Crippen molar-refractivity contribution >= 4 is 28.4 Å². The molecule has 1 saturated heterocycles. The summed E-state index contributed by atoms with van der Waals surface area (Å²) in [7, 11) is 0. The molecule has 0 saturated carbocycles. The van der Waals surface area contributed by atoms with Gasteiger partial charge in [0.2, 0.25) is 0 Å². The van der Waals surface area contributed by atoms with Crippen LogP contribution < -0.4 is 0 Å². The summed E-state index contributed by atoms with van der Waals surface area (Å²) in [5.41, 5.74) is 1.45. The highest BCUT2D eigenvalue weighted by Gasteiger charge is 2.27. The molecule has 0 spiro atoms. The Morgan fingerprint density at radius 3 is 3.05 bits per heavy atom. The van der Waals surface area contributed by atoms with Crippen LogP contribution in [0.2, 0.25) is 5.02 Å². The Balaban J connectivity index is 1.82. The zero-order chi connectivity index (χ0) is 15.0. The number of likely N-dealkylation sites (tertiary alicyclic amines) is 1. The molecule has 5 heteroatoms. The predicted molar refractivity (Wildman–Crippen MR) is 83.6 cm³/mol. The van der Waals surface area contributed by atoms with Gasteiger partial charge in [-0.25, -0.2) is 0 Å². The van der Waals surface area contributed by atoms with Crippen molar-refractivity contribution in [3.8, 4) is 0 Å². The van der Waals surface area contributed by atoms with Gasteiger partial charge < -0.3 is 15.0 Å². The number of carbonyl (C=O) groups is 1. The van der Waals surface area contributed by atoms with Crippen LogP contribution >= 0.6 is 11.6 Å². The quantitative estimate of drug-likeness (QED) is 0.896. The molecule has 1 aromatic heterocycles. The fourth-order valence-corrected chi connectivity index (χ4v) is 3.15. The van der Waals surface area contributed by atoms with E-state index >= 15 is 0 Å². The first kappa shape index (κ1) is 14.4. The largest absolute Gasteiger partial charge is 0.393 e. The highest BCUT2D eigenvalue weighted by molar-refractivity contribution is 6.31. The Hall–Kier alpha value is -1.52. The van der Waals surface area contributed by atoms with Crippen LogP contribution in [0.15, 0.2) is 24.3 Å². The van der Waals surface area contributed by atoms with Gasteiger partial charge in [0.05, 0.1) is 6.10 Å². The highest BCUT2D eigenvalue weighted by atomic mass is 35.5. The molecule has 0 radical (unpaired) electrons. The molecule has 2 N–H and O–H groups in total. The fraction of sp³-hybridized carbons (Fsp3) is 0.438. The third-order valence-corrected chi connectivity index (χ3v) is 4.48. The Labute approximate surface area is 128 Å². The van der Waals surface area contributed by atoms with E-state index in [2.05, 4.69) is 4.98 Å². The van der Waals surface area contributed by atoms with Crippen LogP contribution in [0.3, 0.4) is 0 Å². The number of aliphatic hydroxyl groups excluding tert-OH is 1. The number of amides is 1. The second-order valence-corrected chi connectivity index (χ2v) is 6.25. The number of hydrogen-bond acceptors (Lipinski definition) is 2. The third-order valence-electron chi connectivity index (χ3n) is 4.24. The topological polar surface area (TPSA) is 56.3 Å². The first-order valence-corrected chi connectivity index (χ1v) is 7.68. The monoisotopic (exact) mass is 306 g/mol. The average molecular weight is 307 g/mol. The van der Waals surface area contributed by atoms with Crippen LogP contribution in [0.4, 0.5) is 0 Å². The number of nitrogens with zero attached hydrogens (tertiary/aromatic N) is 1. The maximum Gasteiger partial charge on any atom is 0.270 e. The molecular formula is C16H19ClN2O2. The number of aliphatic hydroxyl groups is 1. The average Bonchev–Trinajstić information content (AvgIpc) is 2.89. The van der Waals surface area contributed by atoms with E-state index in [4.69, 9.17) is 11.6 Å². The van der Waals surface area contributed by atoms with Crippen molar-refractivity contribution in [2.24, 2.45) is 5.92 Å². The SMILES string of the molecule is CC(O)C1CCCN(C(=O)c2cc3ccc(Cl)cc3[nH]2)C1. The van der Waals surface area contributed by atoms with Gasteiger partial charge in [0.1, 0.15) is 5.69 Å². The molecule has 2 atom stereocenters. The van der Waals surface area contributed by atoms with Crippen molar-refractivity contribution in [2.45, 2.75) is 25.9 Å². The molecule has 4 nitrogen and oxygen atoms in total. The minimum Gasteiger partial charge on any atom is -0.393 e. The fourth-order valence-electron chi connectivity index (χ4n) is 2.97. The molecule has 0 bridgehead atoms. The summed E-state index contributed by atoms with van der Waals surface area (Å²) in [4.78, 5) is 17.6. The standard InChI is InChI=1S/C16H19ClN2O2/c1-10(20)12-3-2-6-19(9-12)16(21)15-7-11-4-5-13(17)8-14(11)18-15/h4-5,7-8,10,12,18,20H,2-3,6,9H2,1H3. The van der Waals surface area contributed by atoms with Gasteiger partial charge in [-0.3, -0.25) is 4.79 Å². The number of carbonyl (C=O) groups excluding carboxylic acids is 1. The lowest BCUT2D eigenvalue weighted by atomic mass is 9.93. The van der Waals surface area contributed by atoms with Crippen LogP contribution in [-0.2, 0) is 0 Å². The van der Waals surface area contributed by atoms with Crippen LogP contribution in [0, 0.1) is 5.92 Å². The number of benzene rings is 1. The van der Waals surface area contributed by atoms with Crippen LogP contribution in [0.1, 0.15) is 30.3 Å². The Bertz CT molecular complexity index is 665. The Kier molecular flexibility index (Phi) is 3.91. The van der Waals surface area contributed by atoms with E-state index in [1.54, 1.807) is 6.92 Å². The number of hydrogen-bond donors (Lipinski definition) is 2. The minimum atomic E-state index is -0.373. The van der Waals surface area contributed by atoms with Crippen molar-refractivity contribution < 1.29 is 9.90 Å². The van der Waals surface area contributed by atoms with E-state index in [1.165, 1.54) is 0 Å². The summed E-state index contributed by atoms with van der Waals surface area (Å²) < 4.78 is 0. The molecule has 0 aliphatic carbocycles. The van der Waals surface area contributed by atoms with Crippen molar-refractivity contribution in [1.29, 1.82) is 0 Å². The van der Waals surface area contributed by atoms with Crippen molar-refractivity contribution in [1.82, 2.24) is 9.88 Å². The molecule has 2 heterocycles. The lowest BCUT2D eigenvalue weighted by Gasteiger charge is -2.33. The van der Waals surface area contributed by atoms with E-state index < -0.39 is 0 Å². The van der Waals surface area contributed by atoms with Gasteiger partial charge >= 0.3 is 0 Å². The molecule has 112 valence electrons. The smallest absolute Gasteiger partial charge is 0.270 e. The Morgan fingerprint density at radius 1 is 1.48 bits per heavy atom. The Morgan fingerprint density at radius 2 is 2.29 bits per heavy atom. The minimum absolute atomic E-state index is 0.00678. The normalized spacial score (nSPS) is 20.7. The van der Waals surface area contributed by atoms with Crippen LogP contribution in [-0.4, -0.2) is 40.1 Å². The number of halogens is 1. The van der Waals surface area contributed by atoms with E-state index in [1.807, 2.05) is 29.2 Å². The van der Waals surface area contributed by atoms with Gasteiger partial charge in [-0.15, -0.1) is 0 Å². The molecule has 1 aliphatic rings. The van der Waals surface area contributed by atoms with E-state index in [9.17, 15) is 9.90 Å². The molecule has 2 aromatic rings. The molecule has 3 rings (SSSR count). The summed E-state index contributed by atoms with van der Waals surface area (Å²) in [6.07, 6.45) is 1.54. The first-order chi connectivity index (χ1) is 10.0. The van der Waals surface area contributed by atoms with Gasteiger partial charge in [0.25, 0.3) is 5.91 Å². The number of aromatic nitrogens is 1. The zero-order valence-corrected chi connectivity index (χ0v) is 12.7. The summed E-state index contributed by atoms with van der Waals surface area (Å²) in [6, 6.07) is 7.40. The molecular weight excluding hydrogens is 288 g/mol. The lowest BCUT2D eigenvalue weighted by molar-refractivity contribution is 0.0462. The van der Waals surface area contributed by atoms with Crippen molar-refractivity contribution in [3.05, 3.63) is 35.0 Å². The number of fused-ring (bicyclic) bond motifs is 1. The number of piperidine rings is 1. The molecule has 1 fully saturated rings. The zero-order valence-electron chi connectivity index (χ0n) is 12.0. The van der Waals surface area contributed by atoms with Gasteiger partial charge in [0.15, 0.2) is 0 Å². The van der Waals surface area contributed by atoms with Gasteiger partial charge in [-0.1, -0.05) is 17.7 Å². The maximum atomic E-state index is 12.6. The van der Waals surface area contributed by atoms with Gasteiger partial charge in [-0.05, 0) is 38.0 Å². The summed E-state index contributed by atoms with van der Waals surface area (Å²) in [5.74, 6) is 0.161. The number of rotatable bonds is 2. The molecule has 1 aliphatic heterocycles. The highest BCUT2D eigenvalue weighted by Crippen LogP contribution is 2.24. The molecule has 1 aromatic carbocycles. The molecule has 2 unspecified atom stereocenters. The van der Waals surface area contributed by atoms with Gasteiger partial charge in [0, 0.05) is 34.9 Å². The van der Waals surface area contributed by atoms with E-state index in [-0.39, 0.29) is 17.9 Å². The van der Waals surface area contributed by atoms with Crippen LogP contribution in [0.25, 0.3) is 10.9 Å². The predicted octanol–water partition coefficient (Wildman–Crippen LogP) is 3.05. The van der Waals surface area contributed by atoms with Crippen molar-refractivity contribution in [2.75, 3.05) is 13.1 Å². The van der Waals surface area contributed by atoms with Crippen molar-refractivity contribution in [3.63, 3.8) is 0 Å². The first-order valence-electron chi connectivity index (χ1n) is 7.30.